The third kappa shape index (κ3) is 5.95. The van der Waals surface area contributed by atoms with E-state index in [9.17, 15) is 18.0 Å². The molecule has 32 heavy (non-hydrogen) atoms. The van der Waals surface area contributed by atoms with Crippen LogP contribution in [0, 0.1) is 0 Å². The second-order valence-electron chi connectivity index (χ2n) is 7.11. The van der Waals surface area contributed by atoms with E-state index in [1.807, 2.05) is 6.92 Å². The standard InChI is InChI=1S/C24H25N3O4S/c1-2-3-16-25-24(29)21-14-7-8-15-22(21)26-23(28)18-10-9-11-19(17-18)27-32(30,31)20-12-5-4-6-13-20/h4-15,17,27H,2-3,16H2,1H3,(H,25,29)(H,26,28). The molecule has 0 unspecified atom stereocenters. The molecule has 0 fully saturated rings. The molecule has 3 aromatic carbocycles. The number of para-hydroxylation sites is 1. The van der Waals surface area contributed by atoms with E-state index in [2.05, 4.69) is 15.4 Å². The molecule has 2 amide bonds. The second kappa shape index (κ2) is 10.6. The summed E-state index contributed by atoms with van der Waals surface area (Å²) in [4.78, 5) is 25.4. The summed E-state index contributed by atoms with van der Waals surface area (Å²) in [7, 11) is -3.78. The average Bonchev–Trinajstić information content (AvgIpc) is 2.80. The van der Waals surface area contributed by atoms with Crippen LogP contribution in [0.1, 0.15) is 40.5 Å². The molecular formula is C24H25N3O4S. The van der Waals surface area contributed by atoms with Gasteiger partial charge in [-0.15, -0.1) is 0 Å². The molecule has 7 nitrogen and oxygen atoms in total. The second-order valence-corrected chi connectivity index (χ2v) is 8.79. The number of sulfonamides is 1. The third-order valence-corrected chi connectivity index (χ3v) is 6.06. The van der Waals surface area contributed by atoms with Gasteiger partial charge in [-0.25, -0.2) is 8.42 Å². The Morgan fingerprint density at radius 2 is 1.56 bits per heavy atom. The minimum atomic E-state index is -3.78. The summed E-state index contributed by atoms with van der Waals surface area (Å²) in [6, 6.07) is 20.9. The summed E-state index contributed by atoms with van der Waals surface area (Å²) in [5.41, 5.74) is 1.24. The fraction of sp³-hybridized carbons (Fsp3) is 0.167. The van der Waals surface area contributed by atoms with E-state index < -0.39 is 15.9 Å². The smallest absolute Gasteiger partial charge is 0.261 e. The molecular weight excluding hydrogens is 426 g/mol. The highest BCUT2D eigenvalue weighted by Crippen LogP contribution is 2.20. The molecule has 3 aromatic rings. The van der Waals surface area contributed by atoms with Gasteiger partial charge in [-0.3, -0.25) is 14.3 Å². The summed E-state index contributed by atoms with van der Waals surface area (Å²) < 4.78 is 27.6. The maximum Gasteiger partial charge on any atom is 0.261 e. The van der Waals surface area contributed by atoms with E-state index in [0.29, 0.717) is 17.8 Å². The van der Waals surface area contributed by atoms with Gasteiger partial charge in [0, 0.05) is 17.8 Å². The largest absolute Gasteiger partial charge is 0.352 e. The number of amides is 2. The summed E-state index contributed by atoms with van der Waals surface area (Å²) in [5.74, 6) is -0.724. The molecule has 0 aliphatic carbocycles. The first-order valence-electron chi connectivity index (χ1n) is 10.3. The van der Waals surface area contributed by atoms with E-state index in [4.69, 9.17) is 0 Å². The number of benzene rings is 3. The number of hydrogen-bond donors (Lipinski definition) is 3. The fourth-order valence-electron chi connectivity index (χ4n) is 3.00. The number of nitrogens with one attached hydrogen (secondary N) is 3. The van der Waals surface area contributed by atoms with Crippen molar-refractivity contribution in [3.05, 3.63) is 90.0 Å². The molecule has 8 heteroatoms. The Morgan fingerprint density at radius 1 is 0.844 bits per heavy atom. The van der Waals surface area contributed by atoms with Crippen molar-refractivity contribution in [3.63, 3.8) is 0 Å². The lowest BCUT2D eigenvalue weighted by Crippen LogP contribution is -2.26. The zero-order valence-corrected chi connectivity index (χ0v) is 18.5. The van der Waals surface area contributed by atoms with Crippen LogP contribution in [0.3, 0.4) is 0 Å². The van der Waals surface area contributed by atoms with Crippen LogP contribution in [0.25, 0.3) is 0 Å². The maximum atomic E-state index is 12.8. The van der Waals surface area contributed by atoms with Crippen molar-refractivity contribution in [1.29, 1.82) is 0 Å². The van der Waals surface area contributed by atoms with Gasteiger partial charge in [-0.05, 0) is 48.9 Å². The van der Waals surface area contributed by atoms with Crippen LogP contribution in [0.2, 0.25) is 0 Å². The summed E-state index contributed by atoms with van der Waals surface area (Å²) in [5, 5.41) is 5.58. The third-order valence-electron chi connectivity index (χ3n) is 4.67. The fourth-order valence-corrected chi connectivity index (χ4v) is 4.07. The first kappa shape index (κ1) is 23.0. The Bertz CT molecular complexity index is 1190. The number of anilines is 2. The van der Waals surface area contributed by atoms with Gasteiger partial charge in [-0.1, -0.05) is 49.7 Å². The number of hydrogen-bond acceptors (Lipinski definition) is 4. The van der Waals surface area contributed by atoms with Gasteiger partial charge < -0.3 is 10.6 Å². The van der Waals surface area contributed by atoms with E-state index in [1.54, 1.807) is 60.7 Å². The summed E-state index contributed by atoms with van der Waals surface area (Å²) in [6.07, 6.45) is 1.83. The highest BCUT2D eigenvalue weighted by Gasteiger charge is 2.16. The molecule has 0 aliphatic rings. The lowest BCUT2D eigenvalue weighted by molar-refractivity contribution is 0.0954. The minimum absolute atomic E-state index is 0.123. The molecule has 166 valence electrons. The van der Waals surface area contributed by atoms with Crippen LogP contribution in [0.4, 0.5) is 11.4 Å². The van der Waals surface area contributed by atoms with Crippen molar-refractivity contribution >= 4 is 33.2 Å². The topological polar surface area (TPSA) is 104 Å². The monoisotopic (exact) mass is 451 g/mol. The van der Waals surface area contributed by atoms with Crippen LogP contribution in [-0.2, 0) is 10.0 Å². The van der Waals surface area contributed by atoms with E-state index in [0.717, 1.165) is 12.8 Å². The van der Waals surface area contributed by atoms with Crippen molar-refractivity contribution in [2.45, 2.75) is 24.7 Å². The molecule has 0 spiro atoms. The molecule has 0 aliphatic heterocycles. The summed E-state index contributed by atoms with van der Waals surface area (Å²) in [6.45, 7) is 2.59. The molecule has 3 rings (SSSR count). The van der Waals surface area contributed by atoms with Crippen molar-refractivity contribution in [2.24, 2.45) is 0 Å². The zero-order valence-electron chi connectivity index (χ0n) is 17.7. The quantitative estimate of drug-likeness (QED) is 0.423. The Labute approximate surface area is 187 Å². The normalized spacial score (nSPS) is 10.9. The minimum Gasteiger partial charge on any atom is -0.352 e. The predicted molar refractivity (Wildman–Crippen MR) is 125 cm³/mol. The zero-order chi connectivity index (χ0) is 23.0. The van der Waals surface area contributed by atoms with Crippen molar-refractivity contribution < 1.29 is 18.0 Å². The molecule has 0 aromatic heterocycles. The SMILES string of the molecule is CCCCNC(=O)c1ccccc1NC(=O)c1cccc(NS(=O)(=O)c2ccccc2)c1. The molecule has 0 heterocycles. The Morgan fingerprint density at radius 3 is 2.31 bits per heavy atom. The first-order chi connectivity index (χ1) is 15.4. The van der Waals surface area contributed by atoms with E-state index in [1.165, 1.54) is 18.2 Å². The van der Waals surface area contributed by atoms with Gasteiger partial charge in [0.05, 0.1) is 16.1 Å². The molecule has 0 radical (unpaired) electrons. The number of carbonyl (C=O) groups excluding carboxylic acids is 2. The molecule has 0 saturated carbocycles. The van der Waals surface area contributed by atoms with Crippen molar-refractivity contribution in [3.8, 4) is 0 Å². The molecule has 3 N–H and O–H groups in total. The van der Waals surface area contributed by atoms with Crippen molar-refractivity contribution in [2.75, 3.05) is 16.6 Å². The highest BCUT2D eigenvalue weighted by atomic mass is 32.2. The van der Waals surface area contributed by atoms with E-state index >= 15 is 0 Å². The van der Waals surface area contributed by atoms with Crippen LogP contribution in [-0.4, -0.2) is 26.8 Å². The van der Waals surface area contributed by atoms with Crippen LogP contribution in [0.15, 0.2) is 83.8 Å². The van der Waals surface area contributed by atoms with Crippen LogP contribution < -0.4 is 15.4 Å². The molecule has 0 atom stereocenters. The molecule has 0 bridgehead atoms. The number of unbranched alkanes of at least 4 members (excludes halogenated alkanes) is 1. The van der Waals surface area contributed by atoms with Gasteiger partial charge >= 0.3 is 0 Å². The number of rotatable bonds is 9. The van der Waals surface area contributed by atoms with E-state index in [-0.39, 0.29) is 22.1 Å². The molecule has 0 saturated heterocycles. The average molecular weight is 452 g/mol. The Balaban J connectivity index is 1.75. The van der Waals surface area contributed by atoms with Crippen molar-refractivity contribution in [1.82, 2.24) is 5.32 Å². The van der Waals surface area contributed by atoms with Gasteiger partial charge in [0.2, 0.25) is 0 Å². The van der Waals surface area contributed by atoms with Gasteiger partial charge in [-0.2, -0.15) is 0 Å². The van der Waals surface area contributed by atoms with Crippen LogP contribution >= 0.6 is 0 Å². The van der Waals surface area contributed by atoms with Gasteiger partial charge in [0.15, 0.2) is 0 Å². The summed E-state index contributed by atoms with van der Waals surface area (Å²) >= 11 is 0. The highest BCUT2D eigenvalue weighted by molar-refractivity contribution is 7.92. The van der Waals surface area contributed by atoms with Gasteiger partial charge in [0.1, 0.15) is 0 Å². The Hall–Kier alpha value is -3.65. The number of carbonyl (C=O) groups is 2. The first-order valence-corrected chi connectivity index (χ1v) is 11.8. The van der Waals surface area contributed by atoms with Crippen LogP contribution in [0.5, 0.6) is 0 Å². The van der Waals surface area contributed by atoms with Gasteiger partial charge in [0.25, 0.3) is 21.8 Å². The maximum absolute atomic E-state index is 12.8. The predicted octanol–water partition coefficient (Wildman–Crippen LogP) is 4.27. The lowest BCUT2D eigenvalue weighted by atomic mass is 10.1. The Kier molecular flexibility index (Phi) is 7.62. The lowest BCUT2D eigenvalue weighted by Gasteiger charge is -2.12.